The molecule has 0 saturated carbocycles. The van der Waals surface area contributed by atoms with Gasteiger partial charge in [0.2, 0.25) is 8.32 Å². The van der Waals surface area contributed by atoms with Crippen molar-refractivity contribution in [1.29, 1.82) is 0 Å². The van der Waals surface area contributed by atoms with E-state index in [4.69, 9.17) is 9.16 Å². The molecule has 0 radical (unpaired) electrons. The zero-order chi connectivity index (χ0) is 12.1. The van der Waals surface area contributed by atoms with Crippen LogP contribution >= 0.6 is 0 Å². The molecule has 0 aromatic rings. The smallest absolute Gasteiger partial charge is 0.385 e. The molecule has 0 amide bonds. The molecule has 90 valence electrons. The molecular formula is C8H19NO4SSi. The summed E-state index contributed by atoms with van der Waals surface area (Å²) in [6.45, 7) is 9.40. The lowest BCUT2D eigenvalue weighted by Gasteiger charge is -2.19. The predicted molar refractivity (Wildman–Crippen MR) is 63.0 cm³/mol. The van der Waals surface area contributed by atoms with Gasteiger partial charge in [0.25, 0.3) is 10.0 Å². The first-order chi connectivity index (χ1) is 6.70. The monoisotopic (exact) mass is 253 g/mol. The molecule has 0 heterocycles. The molecule has 0 bridgehead atoms. The Labute approximate surface area is 92.7 Å². The number of rotatable bonds is 4. The van der Waals surface area contributed by atoms with Gasteiger partial charge in [-0.3, -0.25) is 0 Å². The predicted octanol–water partition coefficient (Wildman–Crippen LogP) is 1.58. The number of sulfonamides is 1. The first kappa shape index (κ1) is 14.4. The Balaban J connectivity index is 4.82. The summed E-state index contributed by atoms with van der Waals surface area (Å²) in [6, 6.07) is 0. The summed E-state index contributed by atoms with van der Waals surface area (Å²) in [7, 11) is -5.34. The summed E-state index contributed by atoms with van der Waals surface area (Å²) in [5, 5.41) is 0. The molecule has 0 spiro atoms. The van der Waals surface area contributed by atoms with E-state index in [9.17, 15) is 8.42 Å². The van der Waals surface area contributed by atoms with E-state index in [1.165, 1.54) is 6.92 Å². The minimum atomic E-state index is -3.45. The average Bonchev–Trinajstić information content (AvgIpc) is 2.01. The van der Waals surface area contributed by atoms with Gasteiger partial charge in [-0.25, -0.2) is 8.42 Å². The molecule has 15 heavy (non-hydrogen) atoms. The van der Waals surface area contributed by atoms with E-state index < -0.39 is 18.3 Å². The van der Waals surface area contributed by atoms with Crippen LogP contribution in [0.2, 0.25) is 19.6 Å². The van der Waals surface area contributed by atoms with Crippen LogP contribution in [0.3, 0.4) is 0 Å². The zero-order valence-electron chi connectivity index (χ0n) is 9.90. The molecule has 0 atom stereocenters. The van der Waals surface area contributed by atoms with Crippen molar-refractivity contribution >= 4 is 24.4 Å². The molecule has 0 aliphatic rings. The fourth-order valence-electron chi connectivity index (χ4n) is 0.638. The van der Waals surface area contributed by atoms with Gasteiger partial charge in [-0.1, -0.05) is 4.40 Å². The average molecular weight is 253 g/mol. The van der Waals surface area contributed by atoms with Crippen molar-refractivity contribution in [2.24, 2.45) is 4.40 Å². The summed E-state index contributed by atoms with van der Waals surface area (Å²) in [4.78, 5) is 0. The molecule has 0 aromatic carbocycles. The lowest BCUT2D eigenvalue weighted by molar-refractivity contribution is 0.250. The standard InChI is InChI=1S/C8H19NO4SSi/c1-6-12-8(13-15(3,4)5)9-14(10,11)7-2/h6-7H2,1-5H3/b9-8-. The fraction of sp³-hybridized carbons (Fsp3) is 0.875. The molecule has 5 nitrogen and oxygen atoms in total. The Morgan fingerprint density at radius 3 is 2.13 bits per heavy atom. The quantitative estimate of drug-likeness (QED) is 0.433. The Hall–Kier alpha value is -0.563. The fourth-order valence-corrected chi connectivity index (χ4v) is 1.78. The van der Waals surface area contributed by atoms with Crippen LogP contribution in [0.25, 0.3) is 0 Å². The van der Waals surface area contributed by atoms with Crippen LogP contribution in [0.5, 0.6) is 0 Å². The van der Waals surface area contributed by atoms with Crippen LogP contribution in [-0.2, 0) is 19.2 Å². The summed E-state index contributed by atoms with van der Waals surface area (Å²) < 4.78 is 36.4. The van der Waals surface area contributed by atoms with E-state index in [0.717, 1.165) is 0 Å². The van der Waals surface area contributed by atoms with E-state index in [2.05, 4.69) is 4.40 Å². The van der Waals surface area contributed by atoms with Gasteiger partial charge in [0.1, 0.15) is 0 Å². The molecule has 0 saturated heterocycles. The van der Waals surface area contributed by atoms with Crippen molar-refractivity contribution in [3.63, 3.8) is 0 Å². The van der Waals surface area contributed by atoms with Crippen molar-refractivity contribution in [1.82, 2.24) is 0 Å². The molecule has 0 aromatic heterocycles. The summed E-state index contributed by atoms with van der Waals surface area (Å²) >= 11 is 0. The Morgan fingerprint density at radius 1 is 1.27 bits per heavy atom. The maximum atomic E-state index is 11.2. The van der Waals surface area contributed by atoms with Crippen molar-refractivity contribution in [2.75, 3.05) is 12.4 Å². The van der Waals surface area contributed by atoms with Crippen LogP contribution in [-0.4, -0.2) is 35.2 Å². The van der Waals surface area contributed by atoms with Gasteiger partial charge in [0.05, 0.1) is 12.4 Å². The highest BCUT2D eigenvalue weighted by Crippen LogP contribution is 2.06. The van der Waals surface area contributed by atoms with Gasteiger partial charge < -0.3 is 9.16 Å². The SMILES string of the molecule is CCO/C(=N/S(=O)(=O)CC)O[Si](C)(C)C. The molecule has 0 fully saturated rings. The highest BCUT2D eigenvalue weighted by Gasteiger charge is 2.21. The van der Waals surface area contributed by atoms with Gasteiger partial charge in [0.15, 0.2) is 0 Å². The van der Waals surface area contributed by atoms with Gasteiger partial charge in [-0.2, -0.15) is 0 Å². The summed E-state index contributed by atoms with van der Waals surface area (Å²) in [5.74, 6) is -0.0569. The van der Waals surface area contributed by atoms with Crippen LogP contribution in [0.15, 0.2) is 4.40 Å². The van der Waals surface area contributed by atoms with Gasteiger partial charge in [0, 0.05) is 0 Å². The third-order valence-electron chi connectivity index (χ3n) is 1.24. The molecule has 0 aliphatic heterocycles. The highest BCUT2D eigenvalue weighted by molar-refractivity contribution is 7.90. The number of hydrogen-bond acceptors (Lipinski definition) is 4. The Kier molecular flexibility index (Phi) is 5.29. The second-order valence-electron chi connectivity index (χ2n) is 3.88. The maximum absolute atomic E-state index is 11.2. The van der Waals surface area contributed by atoms with Crippen molar-refractivity contribution in [3.8, 4) is 0 Å². The highest BCUT2D eigenvalue weighted by atomic mass is 32.2. The van der Waals surface area contributed by atoms with Gasteiger partial charge in [-0.05, 0) is 33.5 Å². The van der Waals surface area contributed by atoms with Crippen molar-refractivity contribution < 1.29 is 17.6 Å². The van der Waals surface area contributed by atoms with Gasteiger partial charge >= 0.3 is 6.08 Å². The zero-order valence-corrected chi connectivity index (χ0v) is 11.7. The lowest BCUT2D eigenvalue weighted by Crippen LogP contribution is -2.31. The van der Waals surface area contributed by atoms with Crippen LogP contribution < -0.4 is 0 Å². The minimum Gasteiger partial charge on any atom is -0.505 e. The number of hydrogen-bond donors (Lipinski definition) is 0. The van der Waals surface area contributed by atoms with E-state index in [1.807, 2.05) is 19.6 Å². The number of nitrogens with zero attached hydrogens (tertiary/aromatic N) is 1. The Morgan fingerprint density at radius 2 is 1.80 bits per heavy atom. The normalized spacial score (nSPS) is 13.8. The molecule has 0 aliphatic carbocycles. The number of ether oxygens (including phenoxy) is 1. The van der Waals surface area contributed by atoms with Crippen molar-refractivity contribution in [2.45, 2.75) is 33.5 Å². The molecular weight excluding hydrogens is 234 g/mol. The molecule has 0 rings (SSSR count). The molecule has 7 heteroatoms. The first-order valence-corrected chi connectivity index (χ1v) is 9.86. The van der Waals surface area contributed by atoms with E-state index in [-0.39, 0.29) is 11.8 Å². The second-order valence-corrected chi connectivity index (χ2v) is 10.2. The van der Waals surface area contributed by atoms with Crippen molar-refractivity contribution in [3.05, 3.63) is 0 Å². The Bertz CT molecular complexity index is 318. The summed E-state index contributed by atoms with van der Waals surface area (Å²) in [6.07, 6.45) is -0.126. The van der Waals surface area contributed by atoms with E-state index in [0.29, 0.717) is 6.61 Å². The third-order valence-corrected chi connectivity index (χ3v) is 3.18. The maximum Gasteiger partial charge on any atom is 0.385 e. The molecule has 0 N–H and O–H groups in total. The summed E-state index contributed by atoms with van der Waals surface area (Å²) in [5.41, 5.74) is 0. The first-order valence-electron chi connectivity index (χ1n) is 4.84. The van der Waals surface area contributed by atoms with Crippen LogP contribution in [0, 0.1) is 0 Å². The van der Waals surface area contributed by atoms with Gasteiger partial charge in [-0.15, -0.1) is 0 Å². The third kappa shape index (κ3) is 7.38. The van der Waals surface area contributed by atoms with E-state index in [1.54, 1.807) is 6.92 Å². The second kappa shape index (κ2) is 5.50. The minimum absolute atomic E-state index is 0.0569. The van der Waals surface area contributed by atoms with Crippen LogP contribution in [0.1, 0.15) is 13.8 Å². The largest absolute Gasteiger partial charge is 0.505 e. The van der Waals surface area contributed by atoms with E-state index >= 15 is 0 Å². The molecule has 0 unspecified atom stereocenters. The topological polar surface area (TPSA) is 65.0 Å². The lowest BCUT2D eigenvalue weighted by atomic mass is 10.9. The van der Waals surface area contributed by atoms with Crippen LogP contribution in [0.4, 0.5) is 0 Å².